The zero-order chi connectivity index (χ0) is 19.6. The van der Waals surface area contributed by atoms with Gasteiger partial charge in [0.2, 0.25) is 5.91 Å². The fourth-order valence-corrected chi connectivity index (χ4v) is 2.55. The molecular weight excluding hydrogens is 348 g/mol. The van der Waals surface area contributed by atoms with Crippen molar-refractivity contribution in [2.75, 3.05) is 13.7 Å². The predicted molar refractivity (Wildman–Crippen MR) is 99.5 cm³/mol. The zero-order valence-electron chi connectivity index (χ0n) is 15.0. The van der Waals surface area contributed by atoms with Crippen LogP contribution >= 0.6 is 0 Å². The van der Waals surface area contributed by atoms with Gasteiger partial charge in [-0.25, -0.2) is 0 Å². The lowest BCUT2D eigenvalue weighted by atomic mass is 10.0. The minimum absolute atomic E-state index is 0.0734. The summed E-state index contributed by atoms with van der Waals surface area (Å²) in [6.07, 6.45) is 0.185. The maximum Gasteiger partial charge on any atom is 0.303 e. The van der Waals surface area contributed by atoms with Gasteiger partial charge in [0.1, 0.15) is 5.75 Å². The van der Waals surface area contributed by atoms with Crippen LogP contribution in [0.25, 0.3) is 0 Å². The standard InChI is InChI=1S/C20H22N2O5/c1-27-16-9-5-8-15(12-16)20(26)21-13-18(23)22-17(10-11-19(24)25)14-6-3-2-4-7-14/h2-9,12,17H,10-11,13H2,1H3,(H,21,26)(H,22,23)(H,24,25). The molecule has 142 valence electrons. The van der Waals surface area contributed by atoms with Crippen molar-refractivity contribution >= 4 is 17.8 Å². The molecule has 0 aliphatic heterocycles. The van der Waals surface area contributed by atoms with E-state index >= 15 is 0 Å². The molecule has 0 bridgehead atoms. The van der Waals surface area contributed by atoms with Crippen LogP contribution in [-0.4, -0.2) is 36.5 Å². The SMILES string of the molecule is COc1cccc(C(=O)NCC(=O)NC(CCC(=O)O)c2ccccc2)c1. The fraction of sp³-hybridized carbons (Fsp3) is 0.250. The van der Waals surface area contributed by atoms with Crippen LogP contribution < -0.4 is 15.4 Å². The number of benzene rings is 2. The van der Waals surface area contributed by atoms with Crippen LogP contribution in [0.4, 0.5) is 0 Å². The highest BCUT2D eigenvalue weighted by molar-refractivity contribution is 5.96. The molecule has 1 atom stereocenters. The average Bonchev–Trinajstić information content (AvgIpc) is 2.69. The number of carbonyl (C=O) groups is 3. The highest BCUT2D eigenvalue weighted by Gasteiger charge is 2.16. The van der Waals surface area contributed by atoms with Gasteiger partial charge < -0.3 is 20.5 Å². The summed E-state index contributed by atoms with van der Waals surface area (Å²) in [6, 6.07) is 15.3. The van der Waals surface area contributed by atoms with Crippen molar-refractivity contribution in [3.05, 3.63) is 65.7 Å². The Kier molecular flexibility index (Phi) is 7.37. The van der Waals surface area contributed by atoms with Crippen molar-refractivity contribution < 1.29 is 24.2 Å². The average molecular weight is 370 g/mol. The molecule has 0 saturated carbocycles. The van der Waals surface area contributed by atoms with E-state index < -0.39 is 23.8 Å². The molecule has 0 spiro atoms. The van der Waals surface area contributed by atoms with Gasteiger partial charge in [-0.2, -0.15) is 0 Å². The third-order valence-corrected chi connectivity index (χ3v) is 3.93. The first kappa shape index (κ1) is 20.0. The molecule has 0 radical (unpaired) electrons. The van der Waals surface area contributed by atoms with Gasteiger partial charge in [0, 0.05) is 12.0 Å². The molecule has 0 fully saturated rings. The molecule has 3 N–H and O–H groups in total. The van der Waals surface area contributed by atoms with Gasteiger partial charge in [-0.15, -0.1) is 0 Å². The lowest BCUT2D eigenvalue weighted by Gasteiger charge is -2.19. The Morgan fingerprint density at radius 1 is 1.07 bits per heavy atom. The number of carboxylic acids is 1. The number of methoxy groups -OCH3 is 1. The van der Waals surface area contributed by atoms with E-state index in [9.17, 15) is 14.4 Å². The van der Waals surface area contributed by atoms with Gasteiger partial charge in [-0.1, -0.05) is 36.4 Å². The van der Waals surface area contributed by atoms with E-state index in [2.05, 4.69) is 10.6 Å². The lowest BCUT2D eigenvalue weighted by Crippen LogP contribution is -2.38. The molecule has 0 heterocycles. The molecule has 7 heteroatoms. The van der Waals surface area contributed by atoms with Crippen molar-refractivity contribution in [3.63, 3.8) is 0 Å². The molecule has 0 aliphatic rings. The molecule has 2 rings (SSSR count). The molecule has 0 aliphatic carbocycles. The summed E-state index contributed by atoms with van der Waals surface area (Å²) in [7, 11) is 1.51. The molecule has 7 nitrogen and oxygen atoms in total. The third kappa shape index (κ3) is 6.47. The number of hydrogen-bond acceptors (Lipinski definition) is 4. The van der Waals surface area contributed by atoms with E-state index in [-0.39, 0.29) is 19.4 Å². The van der Waals surface area contributed by atoms with E-state index in [1.807, 2.05) is 30.3 Å². The Balaban J connectivity index is 1.94. The van der Waals surface area contributed by atoms with Crippen LogP contribution in [-0.2, 0) is 9.59 Å². The quantitative estimate of drug-likeness (QED) is 0.627. The lowest BCUT2D eigenvalue weighted by molar-refractivity contribution is -0.137. The molecular formula is C20H22N2O5. The molecule has 27 heavy (non-hydrogen) atoms. The summed E-state index contributed by atoms with van der Waals surface area (Å²) < 4.78 is 5.07. The highest BCUT2D eigenvalue weighted by atomic mass is 16.5. The van der Waals surface area contributed by atoms with Crippen molar-refractivity contribution in [1.29, 1.82) is 0 Å². The van der Waals surface area contributed by atoms with Crippen molar-refractivity contribution in [3.8, 4) is 5.75 Å². The van der Waals surface area contributed by atoms with Crippen LogP contribution in [0.3, 0.4) is 0 Å². The Labute approximate surface area is 157 Å². The van der Waals surface area contributed by atoms with Crippen LogP contribution in [0.5, 0.6) is 5.75 Å². The number of carboxylic acid groups (broad SMARTS) is 1. The van der Waals surface area contributed by atoms with Gasteiger partial charge in [0.15, 0.2) is 0 Å². The van der Waals surface area contributed by atoms with Crippen LogP contribution in [0.1, 0.15) is 34.8 Å². The van der Waals surface area contributed by atoms with Crippen molar-refractivity contribution in [2.24, 2.45) is 0 Å². The van der Waals surface area contributed by atoms with E-state index in [1.165, 1.54) is 7.11 Å². The Morgan fingerprint density at radius 2 is 1.81 bits per heavy atom. The second kappa shape index (κ2) is 9.96. The maximum absolute atomic E-state index is 12.2. The van der Waals surface area contributed by atoms with Gasteiger partial charge in [0.25, 0.3) is 5.91 Å². The Morgan fingerprint density at radius 3 is 2.48 bits per heavy atom. The molecule has 1 unspecified atom stereocenters. The van der Waals surface area contributed by atoms with Crippen LogP contribution in [0.15, 0.2) is 54.6 Å². The van der Waals surface area contributed by atoms with E-state index in [4.69, 9.17) is 9.84 Å². The summed E-state index contributed by atoms with van der Waals surface area (Å²) in [6.45, 7) is -0.216. The van der Waals surface area contributed by atoms with Crippen molar-refractivity contribution in [2.45, 2.75) is 18.9 Å². The minimum Gasteiger partial charge on any atom is -0.497 e. The summed E-state index contributed by atoms with van der Waals surface area (Å²) in [5.74, 6) is -1.18. The maximum atomic E-state index is 12.2. The zero-order valence-corrected chi connectivity index (χ0v) is 15.0. The highest BCUT2D eigenvalue weighted by Crippen LogP contribution is 2.18. The number of aliphatic carboxylic acids is 1. The normalized spacial score (nSPS) is 11.3. The van der Waals surface area contributed by atoms with Crippen LogP contribution in [0.2, 0.25) is 0 Å². The first-order valence-corrected chi connectivity index (χ1v) is 8.48. The number of hydrogen-bond donors (Lipinski definition) is 3. The molecule has 2 aromatic carbocycles. The number of rotatable bonds is 9. The molecule has 2 amide bonds. The van der Waals surface area contributed by atoms with Gasteiger partial charge >= 0.3 is 5.97 Å². The smallest absolute Gasteiger partial charge is 0.303 e. The van der Waals surface area contributed by atoms with Gasteiger partial charge in [0.05, 0.1) is 19.7 Å². The summed E-state index contributed by atoms with van der Waals surface area (Å²) in [5, 5.41) is 14.2. The number of carbonyl (C=O) groups excluding carboxylic acids is 2. The topological polar surface area (TPSA) is 105 Å². The van der Waals surface area contributed by atoms with Crippen LogP contribution in [0, 0.1) is 0 Å². The van der Waals surface area contributed by atoms with Gasteiger partial charge in [-0.3, -0.25) is 14.4 Å². The summed E-state index contributed by atoms with van der Waals surface area (Å²) >= 11 is 0. The third-order valence-electron chi connectivity index (χ3n) is 3.93. The Bertz CT molecular complexity index is 792. The first-order chi connectivity index (χ1) is 13.0. The summed E-state index contributed by atoms with van der Waals surface area (Å²) in [5.41, 5.74) is 1.19. The Hall–Kier alpha value is -3.35. The monoisotopic (exact) mass is 370 g/mol. The van der Waals surface area contributed by atoms with E-state index in [0.29, 0.717) is 11.3 Å². The number of amides is 2. The first-order valence-electron chi connectivity index (χ1n) is 8.48. The van der Waals surface area contributed by atoms with E-state index in [0.717, 1.165) is 5.56 Å². The minimum atomic E-state index is -0.934. The number of nitrogens with one attached hydrogen (secondary N) is 2. The summed E-state index contributed by atoms with van der Waals surface area (Å²) in [4.78, 5) is 35.3. The van der Waals surface area contributed by atoms with Crippen molar-refractivity contribution in [1.82, 2.24) is 10.6 Å². The largest absolute Gasteiger partial charge is 0.497 e. The second-order valence-corrected chi connectivity index (χ2v) is 5.88. The second-order valence-electron chi connectivity index (χ2n) is 5.88. The fourth-order valence-electron chi connectivity index (χ4n) is 2.55. The van der Waals surface area contributed by atoms with Gasteiger partial charge in [-0.05, 0) is 30.2 Å². The number of ether oxygens (including phenoxy) is 1. The predicted octanol–water partition coefficient (Wildman–Crippen LogP) is 2.15. The molecule has 0 aromatic heterocycles. The molecule has 0 saturated heterocycles. The van der Waals surface area contributed by atoms with E-state index in [1.54, 1.807) is 24.3 Å². The molecule has 2 aromatic rings.